The van der Waals surface area contributed by atoms with Crippen LogP contribution in [0.1, 0.15) is 41.8 Å². The van der Waals surface area contributed by atoms with Crippen molar-refractivity contribution in [2.75, 3.05) is 43.6 Å². The molecule has 3 heterocycles. The Morgan fingerprint density at radius 3 is 2.70 bits per heavy atom. The first-order valence-electron chi connectivity index (χ1n) is 15.0. The smallest absolute Gasteiger partial charge is 0.303 e. The average Bonchev–Trinajstić information content (AvgIpc) is 3.42. The monoisotopic (exact) mass is 662 g/mol. The van der Waals surface area contributed by atoms with Crippen LogP contribution < -0.4 is 10.0 Å². The van der Waals surface area contributed by atoms with Gasteiger partial charge in [-0.25, -0.2) is 13.4 Å². The van der Waals surface area contributed by atoms with E-state index in [0.29, 0.717) is 67.5 Å². The van der Waals surface area contributed by atoms with E-state index in [1.54, 1.807) is 16.7 Å². The predicted octanol–water partition coefficient (Wildman–Crippen LogP) is 4.75. The van der Waals surface area contributed by atoms with Crippen LogP contribution in [0, 0.1) is 11.8 Å². The first-order valence-corrected chi connectivity index (χ1v) is 18.7. The highest BCUT2D eigenvalue weighted by atomic mass is 32.2. The van der Waals surface area contributed by atoms with Crippen molar-refractivity contribution in [2.45, 2.75) is 55.9 Å². The Bertz CT molecular complexity index is 1560. The number of hydrogen-bond donors (Lipinski definition) is 3. The maximum absolute atomic E-state index is 14.2. The third-order valence-corrected chi connectivity index (χ3v) is 11.8. The van der Waals surface area contributed by atoms with Crippen molar-refractivity contribution in [3.05, 3.63) is 52.5 Å². The summed E-state index contributed by atoms with van der Waals surface area (Å²) in [5.74, 6) is 0.150. The zero-order valence-corrected chi connectivity index (χ0v) is 27.2. The second kappa shape index (κ2) is 14.6. The number of aliphatic carboxylic acids is 1. The Hall–Kier alpha value is -2.74. The van der Waals surface area contributed by atoms with Crippen molar-refractivity contribution in [3.8, 4) is 0 Å². The van der Waals surface area contributed by atoms with Gasteiger partial charge in [0, 0.05) is 32.5 Å². The fourth-order valence-corrected chi connectivity index (χ4v) is 9.30. The minimum Gasteiger partial charge on any atom is -0.481 e. The number of sulfonamides is 1. The van der Waals surface area contributed by atoms with Gasteiger partial charge in [-0.05, 0) is 85.3 Å². The molecule has 0 radical (unpaired) electrons. The number of aryl methyl sites for hydroxylation is 1. The highest BCUT2D eigenvalue weighted by Crippen LogP contribution is 2.35. The Morgan fingerprint density at radius 1 is 1.23 bits per heavy atom. The third kappa shape index (κ3) is 7.91. The fraction of sp³-hybridized carbons (Fsp3) is 0.516. The second-order valence-corrected chi connectivity index (χ2v) is 15.3. The molecule has 2 atom stereocenters. The minimum absolute atomic E-state index is 0.0294. The molecule has 1 unspecified atom stereocenters. The maximum Gasteiger partial charge on any atom is 0.303 e. The molecule has 2 aromatic carbocycles. The SMILES string of the molecule is CSCC1CNc2c(cc(CCC(=O)O)cc2S(=O)(=O)N[C@@H](Cc2nc3ccccc3s2)C(=O)N2CCC(CCF)CC2)C1. The number of hydrogen-bond acceptors (Lipinski definition) is 8. The summed E-state index contributed by atoms with van der Waals surface area (Å²) in [6.45, 7) is 1.12. The highest BCUT2D eigenvalue weighted by Gasteiger charge is 2.35. The third-order valence-electron chi connectivity index (χ3n) is 8.40. The number of aromatic nitrogens is 1. The molecule has 44 heavy (non-hydrogen) atoms. The molecule has 2 aliphatic heterocycles. The molecule has 3 N–H and O–H groups in total. The molecule has 9 nitrogen and oxygen atoms in total. The number of nitrogens with one attached hydrogen (secondary N) is 2. The standard InChI is InChI=1S/C31H39FN4O5S3/c1-42-19-22-15-23-14-21(6-7-29(37)38)16-27(30(23)33-18-22)44(40,41)35-25(17-28-34-24-4-2-3-5-26(24)43-28)31(39)36-12-9-20(8-11-32)10-13-36/h2-5,14,16,20,22,25,33,35H,6-13,15,17-19H2,1H3,(H,37,38)/t22?,25-/m0/s1. The lowest BCUT2D eigenvalue weighted by atomic mass is 9.93. The molecular weight excluding hydrogens is 624 g/mol. The molecule has 238 valence electrons. The van der Waals surface area contributed by atoms with Crippen LogP contribution in [0.5, 0.6) is 0 Å². The van der Waals surface area contributed by atoms with Gasteiger partial charge in [-0.2, -0.15) is 16.5 Å². The molecule has 5 rings (SSSR count). The number of fused-ring (bicyclic) bond motifs is 2. The molecule has 0 spiro atoms. The zero-order chi connectivity index (χ0) is 31.3. The number of alkyl halides is 1. The number of halogens is 1. The van der Waals surface area contributed by atoms with E-state index in [1.165, 1.54) is 17.4 Å². The molecule has 3 aromatic rings. The van der Waals surface area contributed by atoms with E-state index >= 15 is 0 Å². The molecule has 13 heteroatoms. The van der Waals surface area contributed by atoms with Crippen LogP contribution in [0.2, 0.25) is 0 Å². The molecule has 1 saturated heterocycles. The van der Waals surface area contributed by atoms with E-state index in [9.17, 15) is 27.5 Å². The van der Waals surface area contributed by atoms with Crippen LogP contribution in [-0.4, -0.2) is 79.6 Å². The van der Waals surface area contributed by atoms with Crippen LogP contribution in [0.4, 0.5) is 10.1 Å². The predicted molar refractivity (Wildman–Crippen MR) is 174 cm³/mol. The maximum atomic E-state index is 14.2. The van der Waals surface area contributed by atoms with Gasteiger partial charge in [-0.15, -0.1) is 11.3 Å². The number of piperidine rings is 1. The minimum atomic E-state index is -4.23. The number of carbonyl (C=O) groups excluding carboxylic acids is 1. The average molecular weight is 663 g/mol. The number of rotatable bonds is 13. The first-order chi connectivity index (χ1) is 21.2. The van der Waals surface area contributed by atoms with Gasteiger partial charge in [0.05, 0.1) is 27.6 Å². The van der Waals surface area contributed by atoms with E-state index in [4.69, 9.17) is 0 Å². The normalized spacial score (nSPS) is 18.1. The van der Waals surface area contributed by atoms with Gasteiger partial charge >= 0.3 is 5.97 Å². The summed E-state index contributed by atoms with van der Waals surface area (Å²) in [6, 6.07) is 9.97. The number of carbonyl (C=O) groups is 2. The summed E-state index contributed by atoms with van der Waals surface area (Å²) < 4.78 is 45.0. The van der Waals surface area contributed by atoms with Gasteiger partial charge in [0.2, 0.25) is 15.9 Å². The number of carboxylic acids is 1. The quantitative estimate of drug-likeness (QED) is 0.239. The lowest BCUT2D eigenvalue weighted by molar-refractivity contribution is -0.137. The molecule has 2 aliphatic rings. The molecule has 0 aliphatic carbocycles. The highest BCUT2D eigenvalue weighted by molar-refractivity contribution is 7.98. The Labute approximate surface area is 266 Å². The number of benzene rings is 2. The summed E-state index contributed by atoms with van der Waals surface area (Å²) in [5, 5.41) is 13.3. The van der Waals surface area contributed by atoms with E-state index in [2.05, 4.69) is 15.0 Å². The van der Waals surface area contributed by atoms with Crippen molar-refractivity contribution in [3.63, 3.8) is 0 Å². The molecule has 0 saturated carbocycles. The lowest BCUT2D eigenvalue weighted by Crippen LogP contribution is -2.51. The topological polar surface area (TPSA) is 129 Å². The van der Waals surface area contributed by atoms with Crippen molar-refractivity contribution >= 4 is 60.9 Å². The summed E-state index contributed by atoms with van der Waals surface area (Å²) in [7, 11) is -4.23. The number of nitrogens with zero attached hydrogens (tertiary/aromatic N) is 2. The largest absolute Gasteiger partial charge is 0.481 e. The van der Waals surface area contributed by atoms with Gasteiger partial charge in [0.1, 0.15) is 10.9 Å². The van der Waals surface area contributed by atoms with E-state index in [-0.39, 0.29) is 42.7 Å². The van der Waals surface area contributed by atoms with Gasteiger partial charge in [-0.3, -0.25) is 14.0 Å². The summed E-state index contributed by atoms with van der Waals surface area (Å²) in [4.78, 5) is 31.7. The van der Waals surface area contributed by atoms with E-state index in [1.807, 2.05) is 36.6 Å². The van der Waals surface area contributed by atoms with Gasteiger partial charge in [0.25, 0.3) is 0 Å². The summed E-state index contributed by atoms with van der Waals surface area (Å²) >= 11 is 3.16. The molecule has 1 fully saturated rings. The van der Waals surface area contributed by atoms with Crippen LogP contribution in [0.15, 0.2) is 41.3 Å². The Kier molecular flexibility index (Phi) is 10.8. The molecule has 1 amide bonds. The summed E-state index contributed by atoms with van der Waals surface area (Å²) in [5.41, 5.74) is 2.76. The van der Waals surface area contributed by atoms with E-state index in [0.717, 1.165) is 21.5 Å². The number of thioether (sulfide) groups is 1. The fourth-order valence-electron chi connectivity index (χ4n) is 6.12. The van der Waals surface area contributed by atoms with Crippen LogP contribution in [0.3, 0.4) is 0 Å². The number of thiazole rings is 1. The molecule has 1 aromatic heterocycles. The van der Waals surface area contributed by atoms with Gasteiger partial charge in [0.15, 0.2) is 0 Å². The zero-order valence-electron chi connectivity index (χ0n) is 24.8. The Balaban J connectivity index is 1.46. The van der Waals surface area contributed by atoms with Crippen LogP contribution >= 0.6 is 23.1 Å². The number of amides is 1. The molecule has 0 bridgehead atoms. The van der Waals surface area contributed by atoms with Crippen molar-refractivity contribution < 1.29 is 27.5 Å². The number of likely N-dealkylation sites (tertiary alicyclic amines) is 1. The van der Waals surface area contributed by atoms with E-state index < -0.39 is 22.0 Å². The first kappa shape index (κ1) is 32.6. The van der Waals surface area contributed by atoms with Crippen molar-refractivity contribution in [1.82, 2.24) is 14.6 Å². The van der Waals surface area contributed by atoms with Crippen molar-refractivity contribution in [2.24, 2.45) is 11.8 Å². The van der Waals surface area contributed by atoms with Crippen molar-refractivity contribution in [1.29, 1.82) is 0 Å². The number of carboxylic acid groups (broad SMARTS) is 1. The van der Waals surface area contributed by atoms with Gasteiger partial charge < -0.3 is 15.3 Å². The molecular formula is C31H39FN4O5S3. The van der Waals surface area contributed by atoms with Crippen LogP contribution in [-0.2, 0) is 38.9 Å². The van der Waals surface area contributed by atoms with Crippen LogP contribution in [0.25, 0.3) is 10.2 Å². The lowest BCUT2D eigenvalue weighted by Gasteiger charge is -2.34. The second-order valence-electron chi connectivity index (χ2n) is 11.6. The van der Waals surface area contributed by atoms with Gasteiger partial charge in [-0.1, -0.05) is 18.2 Å². The number of para-hydroxylation sites is 1. The summed E-state index contributed by atoms with van der Waals surface area (Å²) in [6.07, 6.45) is 4.70. The Morgan fingerprint density at radius 2 is 2.00 bits per heavy atom. The number of anilines is 1.